The van der Waals surface area contributed by atoms with Crippen molar-refractivity contribution in [2.24, 2.45) is 5.92 Å². The summed E-state index contributed by atoms with van der Waals surface area (Å²) >= 11 is 0. The SMILES string of the molecule is CCCCCCCCCCCN[C@@H](CC(C)C)C(=O)[O-].[Na+]. The number of nitrogens with one attached hydrogen (secondary N) is 1. The van der Waals surface area contributed by atoms with E-state index >= 15 is 0 Å². The second kappa shape index (κ2) is 16.8. The first kappa shape index (κ1) is 23.7. The maximum atomic E-state index is 11.0. The monoisotopic (exact) mass is 307 g/mol. The van der Waals surface area contributed by atoms with Gasteiger partial charge in [0.15, 0.2) is 0 Å². The summed E-state index contributed by atoms with van der Waals surface area (Å²) < 4.78 is 0. The van der Waals surface area contributed by atoms with E-state index in [1.54, 1.807) is 0 Å². The summed E-state index contributed by atoms with van der Waals surface area (Å²) in [4.78, 5) is 11.0. The fourth-order valence-electron chi connectivity index (χ4n) is 2.45. The van der Waals surface area contributed by atoms with E-state index < -0.39 is 12.0 Å². The number of aliphatic carboxylic acids is 1. The molecule has 0 unspecified atom stereocenters. The van der Waals surface area contributed by atoms with E-state index in [1.807, 2.05) is 13.8 Å². The summed E-state index contributed by atoms with van der Waals surface area (Å²) in [5.41, 5.74) is 0. The first-order valence-corrected chi connectivity index (χ1v) is 8.52. The number of unbranched alkanes of at least 4 members (excludes halogenated alkanes) is 8. The Morgan fingerprint density at radius 3 is 1.86 bits per heavy atom. The minimum absolute atomic E-state index is 0. The van der Waals surface area contributed by atoms with Gasteiger partial charge in [0.05, 0.1) is 5.97 Å². The van der Waals surface area contributed by atoms with Crippen LogP contribution in [0.3, 0.4) is 0 Å². The first-order chi connectivity index (χ1) is 9.57. The van der Waals surface area contributed by atoms with E-state index in [4.69, 9.17) is 0 Å². The minimum atomic E-state index is -0.963. The fourth-order valence-corrected chi connectivity index (χ4v) is 2.45. The zero-order chi connectivity index (χ0) is 15.2. The molecule has 0 amide bonds. The molecule has 1 N–H and O–H groups in total. The van der Waals surface area contributed by atoms with E-state index in [-0.39, 0.29) is 29.6 Å². The standard InChI is InChI=1S/C17H35NO2.Na/c1-4-5-6-7-8-9-10-11-12-13-18-16(17(19)20)14-15(2)3;/h15-16,18H,4-14H2,1-3H3,(H,19,20);/q;+1/p-1/t16-;/m0./s1. The van der Waals surface area contributed by atoms with Gasteiger partial charge < -0.3 is 15.2 Å². The Bertz CT molecular complexity index is 235. The molecule has 3 nitrogen and oxygen atoms in total. The van der Waals surface area contributed by atoms with Crippen LogP contribution < -0.4 is 40.0 Å². The molecule has 0 aromatic carbocycles. The van der Waals surface area contributed by atoms with Crippen LogP contribution in [0.15, 0.2) is 0 Å². The fraction of sp³-hybridized carbons (Fsp3) is 0.941. The Labute approximate surface area is 153 Å². The second-order valence-corrected chi connectivity index (χ2v) is 6.28. The van der Waals surface area contributed by atoms with Gasteiger partial charge in [-0.3, -0.25) is 0 Å². The van der Waals surface area contributed by atoms with E-state index in [2.05, 4.69) is 12.2 Å². The molecule has 0 spiro atoms. The molecule has 0 saturated heterocycles. The van der Waals surface area contributed by atoms with Gasteiger partial charge in [0.25, 0.3) is 0 Å². The normalized spacial score (nSPS) is 12.2. The Morgan fingerprint density at radius 2 is 1.43 bits per heavy atom. The van der Waals surface area contributed by atoms with Crippen molar-refractivity contribution in [3.63, 3.8) is 0 Å². The van der Waals surface area contributed by atoms with Gasteiger partial charge in [0, 0.05) is 6.04 Å². The smallest absolute Gasteiger partial charge is 0.548 e. The van der Waals surface area contributed by atoms with Crippen LogP contribution in [-0.4, -0.2) is 18.6 Å². The van der Waals surface area contributed by atoms with Crippen LogP contribution in [0.25, 0.3) is 0 Å². The average molecular weight is 307 g/mol. The summed E-state index contributed by atoms with van der Waals surface area (Å²) in [5, 5.41) is 14.1. The van der Waals surface area contributed by atoms with Gasteiger partial charge in [0.1, 0.15) is 0 Å². The summed E-state index contributed by atoms with van der Waals surface area (Å²) in [5.74, 6) is -0.580. The Kier molecular flexibility index (Phi) is 18.9. The Balaban J connectivity index is 0. The van der Waals surface area contributed by atoms with Crippen LogP contribution in [0.2, 0.25) is 0 Å². The molecule has 0 aliphatic heterocycles. The van der Waals surface area contributed by atoms with Gasteiger partial charge in [-0.25, -0.2) is 0 Å². The zero-order valence-corrected chi connectivity index (χ0v) is 16.7. The second-order valence-electron chi connectivity index (χ2n) is 6.28. The predicted molar refractivity (Wildman–Crippen MR) is 83.5 cm³/mol. The molecule has 1 atom stereocenters. The van der Waals surface area contributed by atoms with E-state index in [9.17, 15) is 9.90 Å². The molecule has 0 aliphatic carbocycles. The zero-order valence-electron chi connectivity index (χ0n) is 14.7. The van der Waals surface area contributed by atoms with Crippen molar-refractivity contribution in [1.82, 2.24) is 5.32 Å². The first-order valence-electron chi connectivity index (χ1n) is 8.52. The molecule has 0 saturated carbocycles. The molecule has 0 aliphatic rings. The van der Waals surface area contributed by atoms with Gasteiger partial charge in [-0.1, -0.05) is 72.1 Å². The summed E-state index contributed by atoms with van der Waals surface area (Å²) in [6, 6.07) is -0.482. The average Bonchev–Trinajstić information content (AvgIpc) is 2.39. The molecule has 0 rings (SSSR count). The Morgan fingerprint density at radius 1 is 0.952 bits per heavy atom. The Hall–Kier alpha value is 0.430. The van der Waals surface area contributed by atoms with Crippen molar-refractivity contribution in [1.29, 1.82) is 0 Å². The number of carboxylic acid groups (broad SMARTS) is 1. The van der Waals surface area contributed by atoms with Crippen LogP contribution in [-0.2, 0) is 4.79 Å². The number of carboxylic acids is 1. The van der Waals surface area contributed by atoms with Crippen molar-refractivity contribution >= 4 is 5.97 Å². The van der Waals surface area contributed by atoms with Gasteiger partial charge in [-0.15, -0.1) is 0 Å². The maximum absolute atomic E-state index is 11.0. The number of rotatable bonds is 14. The molecular weight excluding hydrogens is 273 g/mol. The quantitative estimate of drug-likeness (QED) is 0.370. The van der Waals surface area contributed by atoms with Gasteiger partial charge in [0.2, 0.25) is 0 Å². The molecule has 21 heavy (non-hydrogen) atoms. The summed E-state index contributed by atoms with van der Waals surface area (Å²) in [7, 11) is 0. The topological polar surface area (TPSA) is 52.2 Å². The van der Waals surface area contributed by atoms with Gasteiger partial charge in [-0.2, -0.15) is 0 Å². The molecule has 0 radical (unpaired) electrons. The van der Waals surface area contributed by atoms with Crippen LogP contribution >= 0.6 is 0 Å². The van der Waals surface area contributed by atoms with Gasteiger partial charge in [-0.05, 0) is 25.3 Å². The van der Waals surface area contributed by atoms with Crippen molar-refractivity contribution in [3.05, 3.63) is 0 Å². The van der Waals surface area contributed by atoms with E-state index in [1.165, 1.54) is 51.4 Å². The third-order valence-electron chi connectivity index (χ3n) is 3.66. The minimum Gasteiger partial charge on any atom is -0.548 e. The van der Waals surface area contributed by atoms with Crippen molar-refractivity contribution in [2.75, 3.05) is 6.54 Å². The maximum Gasteiger partial charge on any atom is 1.00 e. The molecule has 0 aromatic heterocycles. The molecule has 120 valence electrons. The molecule has 0 aromatic rings. The molecule has 0 fully saturated rings. The van der Waals surface area contributed by atoms with Crippen LogP contribution in [0.1, 0.15) is 85.0 Å². The number of carbonyl (C=O) groups is 1. The number of carbonyl (C=O) groups excluding carboxylic acids is 1. The summed E-state index contributed by atoms with van der Waals surface area (Å²) in [6.07, 6.45) is 12.3. The van der Waals surface area contributed by atoms with Crippen molar-refractivity contribution in [2.45, 2.75) is 91.0 Å². The van der Waals surface area contributed by atoms with Crippen LogP contribution in [0.5, 0.6) is 0 Å². The summed E-state index contributed by atoms with van der Waals surface area (Å²) in [6.45, 7) is 7.11. The third kappa shape index (κ3) is 16.6. The van der Waals surface area contributed by atoms with Crippen molar-refractivity contribution in [3.8, 4) is 0 Å². The van der Waals surface area contributed by atoms with Crippen molar-refractivity contribution < 1.29 is 39.5 Å². The molecular formula is C17H34NNaO2. The predicted octanol–water partition coefficient (Wildman–Crippen LogP) is 0.275. The van der Waals surface area contributed by atoms with E-state index in [0.29, 0.717) is 12.3 Å². The van der Waals surface area contributed by atoms with E-state index in [0.717, 1.165) is 13.0 Å². The van der Waals surface area contributed by atoms with Crippen LogP contribution in [0.4, 0.5) is 0 Å². The molecule has 0 heterocycles. The third-order valence-corrected chi connectivity index (χ3v) is 3.66. The molecule has 0 bridgehead atoms. The molecule has 4 heteroatoms. The largest absolute Gasteiger partial charge is 1.00 e. The number of hydrogen-bond donors (Lipinski definition) is 1. The van der Waals surface area contributed by atoms with Crippen LogP contribution in [0, 0.1) is 5.92 Å². The number of hydrogen-bond acceptors (Lipinski definition) is 3. The van der Waals surface area contributed by atoms with Gasteiger partial charge >= 0.3 is 29.6 Å².